The highest BCUT2D eigenvalue weighted by Crippen LogP contribution is 2.36. The molecule has 4 N–H and O–H groups in total. The first-order valence-corrected chi connectivity index (χ1v) is 9.77. The molecule has 0 saturated heterocycles. The van der Waals surface area contributed by atoms with E-state index in [-0.39, 0.29) is 5.69 Å². The molecule has 2 aromatic carbocycles. The molecule has 0 aliphatic rings. The Kier molecular flexibility index (Phi) is 5.81. The number of carbonyl (C=O) groups is 1. The molecule has 7 nitrogen and oxygen atoms in total. The van der Waals surface area contributed by atoms with E-state index in [0.717, 1.165) is 12.1 Å². The molecule has 0 aliphatic carbocycles. The Hall–Kier alpha value is -3.50. The van der Waals surface area contributed by atoms with E-state index < -0.39 is 22.8 Å². The van der Waals surface area contributed by atoms with Crippen molar-refractivity contribution in [3.63, 3.8) is 0 Å². The number of aromatic nitrogens is 3. The SMILES string of the molecule is O=C(Nc1ccc(Nc2nc3ccnc(Cl)c3[nH]2)cc1)Nc1ccc(Cl)c(C(F)(F)F)c1. The van der Waals surface area contributed by atoms with Crippen LogP contribution >= 0.6 is 23.2 Å². The fourth-order valence-electron chi connectivity index (χ4n) is 2.85. The van der Waals surface area contributed by atoms with Crippen LogP contribution in [0.15, 0.2) is 54.7 Å². The number of urea groups is 1. The van der Waals surface area contributed by atoms with Gasteiger partial charge in [-0.3, -0.25) is 0 Å². The van der Waals surface area contributed by atoms with Crippen molar-refractivity contribution < 1.29 is 18.0 Å². The largest absolute Gasteiger partial charge is 0.417 e. The number of carbonyl (C=O) groups excluding carboxylic acids is 1. The van der Waals surface area contributed by atoms with Crippen LogP contribution in [0.3, 0.4) is 0 Å². The summed E-state index contributed by atoms with van der Waals surface area (Å²) < 4.78 is 38.9. The Morgan fingerprint density at radius 3 is 2.28 bits per heavy atom. The smallest absolute Gasteiger partial charge is 0.326 e. The number of benzene rings is 2. The highest BCUT2D eigenvalue weighted by Gasteiger charge is 2.33. The predicted octanol–water partition coefficient (Wildman–Crippen LogP) is 6.67. The number of hydrogen-bond acceptors (Lipinski definition) is 4. The Balaban J connectivity index is 1.40. The third-order valence-electron chi connectivity index (χ3n) is 4.29. The minimum Gasteiger partial charge on any atom is -0.326 e. The Morgan fingerprint density at radius 2 is 1.59 bits per heavy atom. The number of H-pyrrole nitrogens is 1. The van der Waals surface area contributed by atoms with Crippen molar-refractivity contribution in [3.8, 4) is 0 Å². The first-order valence-electron chi connectivity index (χ1n) is 9.01. The highest BCUT2D eigenvalue weighted by atomic mass is 35.5. The van der Waals surface area contributed by atoms with Gasteiger partial charge in [-0.2, -0.15) is 13.2 Å². The lowest BCUT2D eigenvalue weighted by molar-refractivity contribution is -0.137. The zero-order valence-corrected chi connectivity index (χ0v) is 17.4. The van der Waals surface area contributed by atoms with Crippen LogP contribution in [0.1, 0.15) is 5.56 Å². The molecule has 0 unspecified atom stereocenters. The normalized spacial score (nSPS) is 11.4. The number of imidazole rings is 1. The van der Waals surface area contributed by atoms with Crippen LogP contribution in [-0.2, 0) is 6.18 Å². The summed E-state index contributed by atoms with van der Waals surface area (Å²) in [5.41, 5.74) is 1.27. The summed E-state index contributed by atoms with van der Waals surface area (Å²) in [4.78, 5) is 23.5. The fourth-order valence-corrected chi connectivity index (χ4v) is 3.27. The van der Waals surface area contributed by atoms with E-state index >= 15 is 0 Å². The van der Waals surface area contributed by atoms with Gasteiger partial charge >= 0.3 is 12.2 Å². The number of halogens is 5. The number of fused-ring (bicyclic) bond motifs is 1. The number of anilines is 4. The van der Waals surface area contributed by atoms with Crippen LogP contribution in [0.5, 0.6) is 0 Å². The number of rotatable bonds is 4. The highest BCUT2D eigenvalue weighted by molar-refractivity contribution is 6.33. The molecule has 4 rings (SSSR count). The first kappa shape index (κ1) is 21.7. The van der Waals surface area contributed by atoms with Crippen molar-refractivity contribution in [3.05, 3.63) is 70.5 Å². The van der Waals surface area contributed by atoms with E-state index in [2.05, 4.69) is 30.9 Å². The Morgan fingerprint density at radius 1 is 0.938 bits per heavy atom. The van der Waals surface area contributed by atoms with Gasteiger partial charge in [-0.15, -0.1) is 0 Å². The summed E-state index contributed by atoms with van der Waals surface area (Å²) >= 11 is 11.6. The van der Waals surface area contributed by atoms with Gasteiger partial charge in [0.2, 0.25) is 5.95 Å². The van der Waals surface area contributed by atoms with Gasteiger partial charge in [0.25, 0.3) is 0 Å². The minimum atomic E-state index is -4.63. The topological polar surface area (TPSA) is 94.7 Å². The lowest BCUT2D eigenvalue weighted by Gasteiger charge is -2.12. The number of pyridine rings is 1. The van der Waals surface area contributed by atoms with Gasteiger partial charge in [0.05, 0.1) is 16.1 Å². The minimum absolute atomic E-state index is 0.0458. The standard InChI is InChI=1S/C20H13Cl2F3N6O/c21-14-6-5-12(9-13(14)20(23,24)25)29-19(32)28-11-3-1-10(2-4-11)27-18-30-15-7-8-26-17(22)16(15)31-18/h1-9H,(H2,27,30,31)(H2,28,29,32). The molecule has 0 bridgehead atoms. The third kappa shape index (κ3) is 4.87. The summed E-state index contributed by atoms with van der Waals surface area (Å²) in [6.45, 7) is 0. The van der Waals surface area contributed by atoms with Crippen LogP contribution < -0.4 is 16.0 Å². The van der Waals surface area contributed by atoms with Gasteiger partial charge in [-0.05, 0) is 48.5 Å². The van der Waals surface area contributed by atoms with Crippen molar-refractivity contribution in [2.24, 2.45) is 0 Å². The first-order chi connectivity index (χ1) is 15.2. The lowest BCUT2D eigenvalue weighted by Crippen LogP contribution is -2.19. The molecule has 0 saturated carbocycles. The second-order valence-electron chi connectivity index (χ2n) is 6.56. The number of hydrogen-bond donors (Lipinski definition) is 4. The van der Waals surface area contributed by atoms with Crippen LogP contribution in [-0.4, -0.2) is 21.0 Å². The molecule has 0 fully saturated rings. The summed E-state index contributed by atoms with van der Waals surface area (Å²) in [7, 11) is 0. The molecule has 0 atom stereocenters. The van der Waals surface area contributed by atoms with E-state index in [9.17, 15) is 18.0 Å². The number of aromatic amines is 1. The number of nitrogens with one attached hydrogen (secondary N) is 4. The summed E-state index contributed by atoms with van der Waals surface area (Å²) in [5.74, 6) is 0.455. The van der Waals surface area contributed by atoms with E-state index in [1.807, 2.05) is 0 Å². The van der Waals surface area contributed by atoms with Crippen LogP contribution in [0.2, 0.25) is 10.2 Å². The zero-order valence-electron chi connectivity index (χ0n) is 15.9. The molecule has 4 aromatic rings. The quantitative estimate of drug-likeness (QED) is 0.245. The van der Waals surface area contributed by atoms with Crippen LogP contribution in [0, 0.1) is 0 Å². The van der Waals surface area contributed by atoms with Gasteiger partial charge in [-0.25, -0.2) is 14.8 Å². The van der Waals surface area contributed by atoms with Crippen LogP contribution in [0.4, 0.5) is 41.0 Å². The summed E-state index contributed by atoms with van der Waals surface area (Å²) in [6.07, 6.45) is -3.08. The van der Waals surface area contributed by atoms with Gasteiger partial charge < -0.3 is 20.9 Å². The van der Waals surface area contributed by atoms with E-state index in [4.69, 9.17) is 23.2 Å². The van der Waals surface area contributed by atoms with Crippen molar-refractivity contribution in [2.75, 3.05) is 16.0 Å². The summed E-state index contributed by atoms with van der Waals surface area (Å²) in [6, 6.07) is 10.7. The molecule has 0 spiro atoms. The molecule has 0 aliphatic heterocycles. The van der Waals surface area contributed by atoms with Gasteiger partial charge in [0, 0.05) is 23.3 Å². The van der Waals surface area contributed by atoms with Gasteiger partial charge in [0.15, 0.2) is 5.15 Å². The number of alkyl halides is 3. The Bertz CT molecular complexity index is 1290. The molecule has 2 amide bonds. The molecule has 12 heteroatoms. The molecule has 2 heterocycles. The molecular formula is C20H13Cl2F3N6O. The molecule has 0 radical (unpaired) electrons. The maximum atomic E-state index is 13.0. The van der Waals surface area contributed by atoms with E-state index in [1.165, 1.54) is 6.07 Å². The third-order valence-corrected chi connectivity index (χ3v) is 4.91. The van der Waals surface area contributed by atoms with Gasteiger partial charge in [0.1, 0.15) is 5.52 Å². The second-order valence-corrected chi connectivity index (χ2v) is 7.32. The maximum Gasteiger partial charge on any atom is 0.417 e. The Labute approximate surface area is 189 Å². The maximum absolute atomic E-state index is 13.0. The molecule has 164 valence electrons. The van der Waals surface area contributed by atoms with Crippen molar-refractivity contribution >= 4 is 63.3 Å². The van der Waals surface area contributed by atoms with Crippen LogP contribution in [0.25, 0.3) is 11.0 Å². The molecule has 32 heavy (non-hydrogen) atoms. The van der Waals surface area contributed by atoms with Gasteiger partial charge in [-0.1, -0.05) is 23.2 Å². The van der Waals surface area contributed by atoms with Crippen molar-refractivity contribution in [1.82, 2.24) is 15.0 Å². The lowest BCUT2D eigenvalue weighted by atomic mass is 10.2. The number of nitrogens with zero attached hydrogens (tertiary/aromatic N) is 2. The van der Waals surface area contributed by atoms with Crippen molar-refractivity contribution in [2.45, 2.75) is 6.18 Å². The monoisotopic (exact) mass is 480 g/mol. The fraction of sp³-hybridized carbons (Fsp3) is 0.0500. The van der Waals surface area contributed by atoms with Crippen molar-refractivity contribution in [1.29, 1.82) is 0 Å². The number of amides is 2. The average Bonchev–Trinajstić information content (AvgIpc) is 3.14. The second kappa shape index (κ2) is 8.56. The van der Waals surface area contributed by atoms with E-state index in [1.54, 1.807) is 36.5 Å². The zero-order chi connectivity index (χ0) is 22.9. The van der Waals surface area contributed by atoms with E-state index in [0.29, 0.717) is 33.5 Å². The predicted molar refractivity (Wildman–Crippen MR) is 118 cm³/mol. The molecule has 2 aromatic heterocycles. The summed E-state index contributed by atoms with van der Waals surface area (Å²) in [5, 5.41) is 7.81. The molecular weight excluding hydrogens is 468 g/mol. The average molecular weight is 481 g/mol.